The molecule has 0 radical (unpaired) electrons. The van der Waals surface area contributed by atoms with Crippen molar-refractivity contribution in [3.05, 3.63) is 94.9 Å². The van der Waals surface area contributed by atoms with Crippen molar-refractivity contribution in [2.45, 2.75) is 38.1 Å². The van der Waals surface area contributed by atoms with E-state index < -0.39 is 6.04 Å². The van der Waals surface area contributed by atoms with Gasteiger partial charge in [-0.15, -0.1) is 0 Å². The largest absolute Gasteiger partial charge is 0.497 e. The molecule has 2 heterocycles. The van der Waals surface area contributed by atoms with E-state index in [0.29, 0.717) is 23.4 Å². The van der Waals surface area contributed by atoms with Crippen LogP contribution in [0.4, 0.5) is 10.1 Å². The smallest absolute Gasteiger partial charge is 0.249 e. The summed E-state index contributed by atoms with van der Waals surface area (Å²) in [7, 11) is 3.26. The van der Waals surface area contributed by atoms with Crippen LogP contribution in [0.1, 0.15) is 28.8 Å². The van der Waals surface area contributed by atoms with Crippen LogP contribution in [0.3, 0.4) is 0 Å². The number of para-hydroxylation sites is 1. The summed E-state index contributed by atoms with van der Waals surface area (Å²) in [4.78, 5) is 32.0. The van der Waals surface area contributed by atoms with E-state index in [9.17, 15) is 14.0 Å². The molecule has 2 amide bonds. The third-order valence-electron chi connectivity index (χ3n) is 7.01. The number of carbonyl (C=O) groups excluding carboxylic acids is 2. The Morgan fingerprint density at radius 3 is 2.57 bits per heavy atom. The Kier molecular flexibility index (Phi) is 6.95. The highest BCUT2D eigenvalue weighted by molar-refractivity contribution is 5.99. The monoisotopic (exact) mass is 499 g/mol. The summed E-state index contributed by atoms with van der Waals surface area (Å²) in [5, 5.41) is 3.97. The van der Waals surface area contributed by atoms with Crippen LogP contribution in [0.15, 0.2) is 66.7 Å². The minimum atomic E-state index is -0.858. The van der Waals surface area contributed by atoms with Crippen molar-refractivity contribution in [3.8, 4) is 5.75 Å². The standard InChI is InChI=1S/C30H30FN3O3/c1-34(22-10-12-23(37-2)13-11-22)30(36)28-17-20-14-19(15-21(31)16-20)6-5-9-27-25(18-29(35)33-28)24-7-3-4-8-26(24)32-27/h3-4,7-8,10-16,28,32H,5-6,9,17-18H2,1-2H3,(H,33,35)/t28-/m0/s1. The number of carbonyl (C=O) groups is 2. The van der Waals surface area contributed by atoms with E-state index in [2.05, 4.69) is 10.3 Å². The number of H-pyrrole nitrogens is 1. The highest BCUT2D eigenvalue weighted by Gasteiger charge is 2.27. The lowest BCUT2D eigenvalue weighted by molar-refractivity contribution is -0.127. The van der Waals surface area contributed by atoms with E-state index in [1.54, 1.807) is 44.5 Å². The van der Waals surface area contributed by atoms with Crippen LogP contribution in [0, 0.1) is 5.82 Å². The predicted molar refractivity (Wildman–Crippen MR) is 142 cm³/mol. The molecule has 37 heavy (non-hydrogen) atoms. The van der Waals surface area contributed by atoms with E-state index in [1.807, 2.05) is 30.3 Å². The number of ether oxygens (including phenoxy) is 1. The van der Waals surface area contributed by atoms with Crippen LogP contribution >= 0.6 is 0 Å². The second kappa shape index (κ2) is 10.5. The van der Waals surface area contributed by atoms with Crippen LogP contribution in [0.5, 0.6) is 5.75 Å². The predicted octanol–water partition coefficient (Wildman–Crippen LogP) is 4.74. The van der Waals surface area contributed by atoms with Gasteiger partial charge < -0.3 is 19.9 Å². The number of hydrogen-bond donors (Lipinski definition) is 2. The normalized spacial score (nSPS) is 16.1. The summed E-state index contributed by atoms with van der Waals surface area (Å²) in [6.07, 6.45) is 2.60. The number of aromatic amines is 1. The van der Waals surface area contributed by atoms with E-state index in [1.165, 1.54) is 11.0 Å². The lowest BCUT2D eigenvalue weighted by atomic mass is 9.99. The van der Waals surface area contributed by atoms with Gasteiger partial charge in [-0.1, -0.05) is 24.3 Å². The summed E-state index contributed by atoms with van der Waals surface area (Å²) in [6, 6.07) is 19.1. The van der Waals surface area contributed by atoms with Crippen LogP contribution in [-0.4, -0.2) is 37.0 Å². The zero-order valence-electron chi connectivity index (χ0n) is 21.0. The highest BCUT2D eigenvalue weighted by Crippen LogP contribution is 2.26. The molecule has 6 nitrogen and oxygen atoms in total. The van der Waals surface area contributed by atoms with Gasteiger partial charge in [0, 0.05) is 35.8 Å². The number of nitrogens with one attached hydrogen (secondary N) is 2. The van der Waals surface area contributed by atoms with Crippen LogP contribution < -0.4 is 15.0 Å². The number of fused-ring (bicyclic) bond motifs is 5. The van der Waals surface area contributed by atoms with Gasteiger partial charge in [-0.2, -0.15) is 0 Å². The average Bonchev–Trinajstić information content (AvgIpc) is 3.24. The Morgan fingerprint density at radius 2 is 1.78 bits per heavy atom. The minimum Gasteiger partial charge on any atom is -0.497 e. The number of methoxy groups -OCH3 is 1. The first-order chi connectivity index (χ1) is 17.9. The molecule has 2 bridgehead atoms. The number of likely N-dealkylation sites (N-methyl/N-ethyl adjacent to an activating group) is 1. The molecule has 0 fully saturated rings. The maximum atomic E-state index is 14.5. The minimum absolute atomic E-state index is 0.154. The molecular formula is C30H30FN3O3. The van der Waals surface area contributed by atoms with Gasteiger partial charge in [0.25, 0.3) is 0 Å². The number of hydrogen-bond acceptors (Lipinski definition) is 3. The molecular weight excluding hydrogens is 469 g/mol. The lowest BCUT2D eigenvalue weighted by Gasteiger charge is -2.25. The van der Waals surface area contributed by atoms with Crippen LogP contribution in [0.2, 0.25) is 0 Å². The SMILES string of the molecule is COc1ccc(N(C)C(=O)[C@@H]2Cc3cc(F)cc(c3)CCCc3[nH]c4ccccc4c3CC(=O)N2)cc1. The van der Waals surface area contributed by atoms with Gasteiger partial charge in [0.05, 0.1) is 13.5 Å². The maximum Gasteiger partial charge on any atom is 0.249 e. The van der Waals surface area contributed by atoms with Crippen molar-refractivity contribution in [2.24, 2.45) is 0 Å². The first kappa shape index (κ1) is 24.6. The van der Waals surface area contributed by atoms with Gasteiger partial charge >= 0.3 is 0 Å². The van der Waals surface area contributed by atoms with Crippen molar-refractivity contribution in [1.82, 2.24) is 10.3 Å². The zero-order chi connectivity index (χ0) is 25.9. The summed E-state index contributed by atoms with van der Waals surface area (Å²) < 4.78 is 19.8. The molecule has 0 spiro atoms. The third kappa shape index (κ3) is 5.35. The van der Waals surface area contributed by atoms with Crippen molar-refractivity contribution >= 4 is 28.4 Å². The number of aromatic nitrogens is 1. The quantitative estimate of drug-likeness (QED) is 0.428. The summed E-state index contributed by atoms with van der Waals surface area (Å²) in [5.41, 5.74) is 5.16. The van der Waals surface area contributed by atoms with Gasteiger partial charge in [-0.3, -0.25) is 9.59 Å². The van der Waals surface area contributed by atoms with E-state index in [4.69, 9.17) is 4.74 Å². The van der Waals surface area contributed by atoms with Gasteiger partial charge in [-0.05, 0) is 78.4 Å². The Balaban J connectivity index is 1.50. The first-order valence-corrected chi connectivity index (χ1v) is 12.5. The molecule has 0 aliphatic carbocycles. The van der Waals surface area contributed by atoms with Gasteiger partial charge in [-0.25, -0.2) is 4.39 Å². The second-order valence-electron chi connectivity index (χ2n) is 9.55. The molecule has 1 aliphatic heterocycles. The summed E-state index contributed by atoms with van der Waals surface area (Å²) >= 11 is 0. The number of nitrogens with zero attached hydrogens (tertiary/aromatic N) is 1. The van der Waals surface area contributed by atoms with Gasteiger partial charge in [0.1, 0.15) is 17.6 Å². The Bertz CT molecular complexity index is 1440. The Morgan fingerprint density at radius 1 is 1.03 bits per heavy atom. The number of rotatable bonds is 3. The van der Waals surface area contributed by atoms with Gasteiger partial charge in [0.2, 0.25) is 11.8 Å². The lowest BCUT2D eigenvalue weighted by Crippen LogP contribution is -2.49. The van der Waals surface area contributed by atoms with E-state index in [-0.39, 0.29) is 30.5 Å². The molecule has 2 N–H and O–H groups in total. The zero-order valence-corrected chi connectivity index (χ0v) is 21.0. The molecule has 0 unspecified atom stereocenters. The van der Waals surface area contributed by atoms with Gasteiger partial charge in [0.15, 0.2) is 0 Å². The molecule has 5 rings (SSSR count). The fourth-order valence-corrected chi connectivity index (χ4v) is 5.13. The molecule has 1 atom stereocenters. The first-order valence-electron chi connectivity index (χ1n) is 12.5. The molecule has 190 valence electrons. The number of anilines is 1. The Labute approximate surface area is 215 Å². The van der Waals surface area contributed by atoms with Crippen molar-refractivity contribution < 1.29 is 18.7 Å². The fraction of sp³-hybridized carbons (Fsp3) is 0.267. The topological polar surface area (TPSA) is 74.4 Å². The second-order valence-corrected chi connectivity index (χ2v) is 9.55. The van der Waals surface area contributed by atoms with Crippen molar-refractivity contribution in [1.29, 1.82) is 0 Å². The molecule has 0 saturated carbocycles. The molecule has 1 aliphatic rings. The third-order valence-corrected chi connectivity index (χ3v) is 7.01. The van der Waals surface area contributed by atoms with Crippen LogP contribution in [-0.2, 0) is 35.3 Å². The molecule has 0 saturated heterocycles. The number of benzene rings is 3. The molecule has 1 aromatic heterocycles. The Hall–Kier alpha value is -4.13. The highest BCUT2D eigenvalue weighted by atomic mass is 19.1. The number of halogens is 1. The average molecular weight is 500 g/mol. The fourth-order valence-electron chi connectivity index (χ4n) is 5.13. The van der Waals surface area contributed by atoms with Crippen molar-refractivity contribution in [2.75, 3.05) is 19.1 Å². The summed E-state index contributed by atoms with van der Waals surface area (Å²) in [5.74, 6) is -0.182. The number of aryl methyl sites for hydroxylation is 2. The molecule has 4 aromatic rings. The molecule has 7 heteroatoms. The number of amides is 2. The van der Waals surface area contributed by atoms with Crippen LogP contribution in [0.25, 0.3) is 10.9 Å². The van der Waals surface area contributed by atoms with E-state index >= 15 is 0 Å². The van der Waals surface area contributed by atoms with Crippen molar-refractivity contribution in [3.63, 3.8) is 0 Å². The maximum absolute atomic E-state index is 14.5. The summed E-state index contributed by atoms with van der Waals surface area (Å²) in [6.45, 7) is 0. The molecule has 3 aromatic carbocycles. The van der Waals surface area contributed by atoms with E-state index in [0.717, 1.165) is 40.6 Å².